The van der Waals surface area contributed by atoms with E-state index in [4.69, 9.17) is 4.74 Å². The van der Waals surface area contributed by atoms with Crippen LogP contribution < -0.4 is 10.1 Å². The Morgan fingerprint density at radius 2 is 1.96 bits per heavy atom. The number of rotatable bonds is 5. The number of guanidine groups is 1. The zero-order valence-electron chi connectivity index (χ0n) is 15.9. The smallest absolute Gasteiger partial charge is 0.403 e. The molecule has 1 atom stereocenters. The third kappa shape index (κ3) is 5.66. The highest BCUT2D eigenvalue weighted by molar-refractivity contribution is 5.80. The van der Waals surface area contributed by atoms with E-state index in [2.05, 4.69) is 10.3 Å². The Hall–Kier alpha value is -2.16. The summed E-state index contributed by atoms with van der Waals surface area (Å²) < 4.78 is 43.6. The summed E-state index contributed by atoms with van der Waals surface area (Å²) in [5.41, 5.74) is 0.780. The second kappa shape index (κ2) is 9.16. The summed E-state index contributed by atoms with van der Waals surface area (Å²) in [6.07, 6.45) is -3.62. The first kappa shape index (κ1) is 21.1. The largest absolute Gasteiger partial charge is 0.508 e. The van der Waals surface area contributed by atoms with Gasteiger partial charge in [0.1, 0.15) is 17.5 Å². The van der Waals surface area contributed by atoms with Crippen molar-refractivity contribution >= 4 is 5.96 Å². The van der Waals surface area contributed by atoms with E-state index in [1.54, 1.807) is 25.2 Å². The minimum absolute atomic E-state index is 0.167. The van der Waals surface area contributed by atoms with Crippen molar-refractivity contribution in [3.63, 3.8) is 0 Å². The summed E-state index contributed by atoms with van der Waals surface area (Å²) in [7, 11) is 3.19. The average molecular weight is 388 g/mol. The molecule has 1 saturated heterocycles. The van der Waals surface area contributed by atoms with Gasteiger partial charge in [0.2, 0.25) is 0 Å². The van der Waals surface area contributed by atoms with E-state index in [0.29, 0.717) is 50.9 Å². The van der Waals surface area contributed by atoms with Gasteiger partial charge in [-0.15, -0.1) is 0 Å². The highest BCUT2D eigenvalue weighted by Gasteiger charge is 2.41. The van der Waals surface area contributed by atoms with Gasteiger partial charge >= 0.3 is 6.18 Å². The molecule has 27 heavy (non-hydrogen) atoms. The Kier molecular flexibility index (Phi) is 7.18. The molecule has 1 aromatic rings. The maximum atomic E-state index is 12.8. The molecule has 2 rings (SSSR count). The van der Waals surface area contributed by atoms with Crippen LogP contribution in [0.5, 0.6) is 11.5 Å². The van der Waals surface area contributed by atoms with Gasteiger partial charge in [0.25, 0.3) is 0 Å². The molecule has 1 heterocycles. The number of phenols is 1. The van der Waals surface area contributed by atoms with Crippen LogP contribution >= 0.6 is 0 Å². The number of phenolic OH excluding ortho intramolecular Hbond substituents is 1. The maximum absolute atomic E-state index is 12.8. The Morgan fingerprint density at radius 3 is 2.48 bits per heavy atom. The number of hydrogen-bond donors (Lipinski definition) is 2. The number of ether oxygens (including phenoxy) is 1. The van der Waals surface area contributed by atoms with Gasteiger partial charge < -0.3 is 20.1 Å². The number of aromatic hydroxyl groups is 1. The first-order valence-corrected chi connectivity index (χ1v) is 8.88. The van der Waals surface area contributed by atoms with Gasteiger partial charge in [0.15, 0.2) is 5.96 Å². The Bertz CT molecular complexity index is 644. The predicted molar refractivity (Wildman–Crippen MR) is 98.4 cm³/mol. The van der Waals surface area contributed by atoms with Crippen LogP contribution in [0.3, 0.4) is 0 Å². The Balaban J connectivity index is 1.83. The molecule has 152 valence electrons. The highest BCUT2D eigenvalue weighted by atomic mass is 19.4. The number of benzene rings is 1. The first-order chi connectivity index (χ1) is 12.8. The standard InChI is InChI=1S/C18H27F3N4O2/c1-13(18(19,20)21)24-8-10-25(11-9-24)17(22-2)23-7-6-14-4-5-15(27-3)12-16(14)26/h4-5,12-13,26H,6-11H2,1-3H3,(H,22,23). The van der Waals surface area contributed by atoms with Gasteiger partial charge in [-0.2, -0.15) is 13.2 Å². The van der Waals surface area contributed by atoms with E-state index in [1.165, 1.54) is 18.9 Å². The highest BCUT2D eigenvalue weighted by Crippen LogP contribution is 2.25. The lowest BCUT2D eigenvalue weighted by molar-refractivity contribution is -0.181. The Morgan fingerprint density at radius 1 is 1.30 bits per heavy atom. The molecule has 0 bridgehead atoms. The second-order valence-electron chi connectivity index (χ2n) is 6.46. The number of piperazine rings is 1. The topological polar surface area (TPSA) is 60.3 Å². The summed E-state index contributed by atoms with van der Waals surface area (Å²) in [5, 5.41) is 13.2. The first-order valence-electron chi connectivity index (χ1n) is 8.88. The van der Waals surface area contributed by atoms with Crippen molar-refractivity contribution in [3.8, 4) is 11.5 Å². The lowest BCUT2D eigenvalue weighted by Crippen LogP contribution is -2.56. The molecule has 1 aliphatic rings. The van der Waals surface area contributed by atoms with E-state index < -0.39 is 12.2 Å². The van der Waals surface area contributed by atoms with Crippen molar-refractivity contribution in [1.82, 2.24) is 15.1 Å². The van der Waals surface area contributed by atoms with Crippen molar-refractivity contribution in [2.75, 3.05) is 46.9 Å². The quantitative estimate of drug-likeness (QED) is 0.598. The van der Waals surface area contributed by atoms with Crippen LogP contribution in [0.4, 0.5) is 13.2 Å². The number of nitrogens with one attached hydrogen (secondary N) is 1. The van der Waals surface area contributed by atoms with Crippen molar-refractivity contribution in [2.24, 2.45) is 4.99 Å². The summed E-state index contributed by atoms with van der Waals surface area (Å²) in [6.45, 7) is 3.37. The van der Waals surface area contributed by atoms with Crippen molar-refractivity contribution in [2.45, 2.75) is 25.6 Å². The molecule has 1 unspecified atom stereocenters. The molecule has 1 fully saturated rings. The van der Waals surface area contributed by atoms with Gasteiger partial charge in [0, 0.05) is 45.8 Å². The molecule has 0 saturated carbocycles. The molecule has 0 amide bonds. The van der Waals surface area contributed by atoms with Gasteiger partial charge in [0.05, 0.1) is 7.11 Å². The van der Waals surface area contributed by atoms with Crippen LogP contribution in [0.1, 0.15) is 12.5 Å². The number of aliphatic imine (C=N–C) groups is 1. The van der Waals surface area contributed by atoms with Crippen molar-refractivity contribution in [1.29, 1.82) is 0 Å². The molecule has 9 heteroatoms. The van der Waals surface area contributed by atoms with E-state index in [0.717, 1.165) is 5.56 Å². The van der Waals surface area contributed by atoms with Gasteiger partial charge in [-0.1, -0.05) is 6.07 Å². The molecule has 0 spiro atoms. The third-order valence-corrected chi connectivity index (χ3v) is 4.82. The minimum Gasteiger partial charge on any atom is -0.508 e. The third-order valence-electron chi connectivity index (χ3n) is 4.82. The number of hydrogen-bond acceptors (Lipinski definition) is 4. The molecule has 0 radical (unpaired) electrons. The Labute approximate surface area is 157 Å². The molecule has 1 aromatic carbocycles. The van der Waals surface area contributed by atoms with Gasteiger partial charge in [-0.05, 0) is 25.0 Å². The monoisotopic (exact) mass is 388 g/mol. The molecule has 0 aliphatic carbocycles. The number of nitrogens with zero attached hydrogens (tertiary/aromatic N) is 3. The van der Waals surface area contributed by atoms with Gasteiger partial charge in [-0.25, -0.2) is 0 Å². The van der Waals surface area contributed by atoms with Crippen LogP contribution in [0.2, 0.25) is 0 Å². The van der Waals surface area contributed by atoms with Crippen LogP contribution in [-0.4, -0.2) is 80.0 Å². The summed E-state index contributed by atoms with van der Waals surface area (Å²) >= 11 is 0. The molecular formula is C18H27F3N4O2. The van der Waals surface area contributed by atoms with E-state index in [-0.39, 0.29) is 5.75 Å². The maximum Gasteiger partial charge on any atom is 0.403 e. The SMILES string of the molecule is CN=C(NCCc1ccc(OC)cc1O)N1CCN(C(C)C(F)(F)F)CC1. The van der Waals surface area contributed by atoms with Crippen molar-refractivity contribution < 1.29 is 23.0 Å². The fourth-order valence-electron chi connectivity index (χ4n) is 3.05. The minimum atomic E-state index is -4.21. The summed E-state index contributed by atoms with van der Waals surface area (Å²) in [6, 6.07) is 3.71. The zero-order valence-corrected chi connectivity index (χ0v) is 15.9. The lowest BCUT2D eigenvalue weighted by atomic mass is 10.1. The van der Waals surface area contributed by atoms with E-state index in [1.807, 2.05) is 4.90 Å². The van der Waals surface area contributed by atoms with E-state index >= 15 is 0 Å². The molecular weight excluding hydrogens is 361 g/mol. The second-order valence-corrected chi connectivity index (χ2v) is 6.46. The fraction of sp³-hybridized carbons (Fsp3) is 0.611. The fourth-order valence-corrected chi connectivity index (χ4v) is 3.05. The number of methoxy groups -OCH3 is 1. The van der Waals surface area contributed by atoms with Crippen molar-refractivity contribution in [3.05, 3.63) is 23.8 Å². The molecule has 0 aromatic heterocycles. The number of alkyl halides is 3. The molecule has 1 aliphatic heterocycles. The lowest BCUT2D eigenvalue weighted by Gasteiger charge is -2.39. The zero-order chi connectivity index (χ0) is 20.0. The predicted octanol–water partition coefficient (Wildman–Crippen LogP) is 2.09. The van der Waals surface area contributed by atoms with E-state index in [9.17, 15) is 18.3 Å². The molecule has 6 nitrogen and oxygen atoms in total. The van der Waals surface area contributed by atoms with Crippen LogP contribution in [-0.2, 0) is 6.42 Å². The van der Waals surface area contributed by atoms with Crippen LogP contribution in [0, 0.1) is 0 Å². The number of halogens is 3. The molecule has 2 N–H and O–H groups in total. The average Bonchev–Trinajstić information content (AvgIpc) is 2.65. The summed E-state index contributed by atoms with van der Waals surface area (Å²) in [5.74, 6) is 1.41. The normalized spacial score (nSPS) is 17.7. The van der Waals surface area contributed by atoms with Crippen LogP contribution in [0.25, 0.3) is 0 Å². The van der Waals surface area contributed by atoms with Crippen LogP contribution in [0.15, 0.2) is 23.2 Å². The van der Waals surface area contributed by atoms with Gasteiger partial charge in [-0.3, -0.25) is 9.89 Å². The summed E-state index contributed by atoms with van der Waals surface area (Å²) in [4.78, 5) is 7.62.